The zero-order valence-corrected chi connectivity index (χ0v) is 8.03. The van der Waals surface area contributed by atoms with Crippen molar-refractivity contribution in [3.05, 3.63) is 29.3 Å². The third kappa shape index (κ3) is 3.45. The first-order valence-electron chi connectivity index (χ1n) is 3.93. The molecule has 0 aliphatic heterocycles. The van der Waals surface area contributed by atoms with E-state index in [9.17, 15) is 4.79 Å². The monoisotopic (exact) mass is 212 g/mol. The predicted octanol–water partition coefficient (Wildman–Crippen LogP) is 2.13. The van der Waals surface area contributed by atoms with Gasteiger partial charge < -0.3 is 10.5 Å². The van der Waals surface area contributed by atoms with Crippen molar-refractivity contribution >= 4 is 29.4 Å². The molecule has 4 nitrogen and oxygen atoms in total. The SMILES string of the molecule is O=C(C/C=N\O)Nc1ccc(Cl)cc1. The van der Waals surface area contributed by atoms with Crippen LogP contribution in [0, 0.1) is 0 Å². The van der Waals surface area contributed by atoms with Crippen LogP contribution in [0.2, 0.25) is 5.02 Å². The van der Waals surface area contributed by atoms with E-state index < -0.39 is 0 Å². The molecule has 0 bridgehead atoms. The van der Waals surface area contributed by atoms with Crippen LogP contribution in [0.3, 0.4) is 0 Å². The molecule has 0 aliphatic carbocycles. The summed E-state index contributed by atoms with van der Waals surface area (Å²) in [6, 6.07) is 6.74. The summed E-state index contributed by atoms with van der Waals surface area (Å²) in [6.07, 6.45) is 1.16. The highest BCUT2D eigenvalue weighted by molar-refractivity contribution is 6.30. The smallest absolute Gasteiger partial charge is 0.229 e. The Morgan fingerprint density at radius 3 is 2.71 bits per heavy atom. The van der Waals surface area contributed by atoms with Gasteiger partial charge in [-0.25, -0.2) is 0 Å². The van der Waals surface area contributed by atoms with Crippen LogP contribution in [0.25, 0.3) is 0 Å². The molecule has 1 aromatic rings. The van der Waals surface area contributed by atoms with E-state index in [1.807, 2.05) is 0 Å². The van der Waals surface area contributed by atoms with Gasteiger partial charge in [0.05, 0.1) is 12.6 Å². The average Bonchev–Trinajstić information content (AvgIpc) is 2.18. The summed E-state index contributed by atoms with van der Waals surface area (Å²) in [4.78, 5) is 11.1. The first-order chi connectivity index (χ1) is 6.72. The number of rotatable bonds is 3. The van der Waals surface area contributed by atoms with E-state index in [0.29, 0.717) is 10.7 Å². The highest BCUT2D eigenvalue weighted by Crippen LogP contribution is 2.13. The van der Waals surface area contributed by atoms with Crippen LogP contribution in [0.4, 0.5) is 5.69 Å². The Kier molecular flexibility index (Phi) is 3.94. The number of benzene rings is 1. The molecular weight excluding hydrogens is 204 g/mol. The lowest BCUT2D eigenvalue weighted by Crippen LogP contribution is -2.11. The van der Waals surface area contributed by atoms with E-state index in [4.69, 9.17) is 16.8 Å². The molecular formula is C9H9ClN2O2. The van der Waals surface area contributed by atoms with Gasteiger partial charge in [0.1, 0.15) is 0 Å². The molecule has 0 saturated carbocycles. The Bertz CT molecular complexity index is 335. The fraction of sp³-hybridized carbons (Fsp3) is 0.111. The van der Waals surface area contributed by atoms with Crippen LogP contribution in [-0.4, -0.2) is 17.3 Å². The van der Waals surface area contributed by atoms with Crippen LogP contribution in [0.5, 0.6) is 0 Å². The van der Waals surface area contributed by atoms with Crippen molar-refractivity contribution in [1.29, 1.82) is 0 Å². The second kappa shape index (κ2) is 5.24. The van der Waals surface area contributed by atoms with Crippen molar-refractivity contribution in [1.82, 2.24) is 0 Å². The lowest BCUT2D eigenvalue weighted by atomic mass is 10.3. The fourth-order valence-electron chi connectivity index (χ4n) is 0.869. The second-order valence-electron chi connectivity index (χ2n) is 2.56. The minimum atomic E-state index is -0.245. The van der Waals surface area contributed by atoms with Crippen LogP contribution in [0.1, 0.15) is 6.42 Å². The Morgan fingerprint density at radius 1 is 1.50 bits per heavy atom. The number of amides is 1. The average molecular weight is 213 g/mol. The number of hydrogen-bond donors (Lipinski definition) is 2. The molecule has 1 aromatic carbocycles. The topological polar surface area (TPSA) is 61.7 Å². The highest BCUT2D eigenvalue weighted by Gasteiger charge is 1.99. The molecule has 5 heteroatoms. The Balaban J connectivity index is 2.52. The van der Waals surface area contributed by atoms with Crippen molar-refractivity contribution in [2.24, 2.45) is 5.16 Å². The van der Waals surface area contributed by atoms with Gasteiger partial charge >= 0.3 is 0 Å². The molecule has 0 aromatic heterocycles. The number of carbonyl (C=O) groups excluding carboxylic acids is 1. The lowest BCUT2D eigenvalue weighted by molar-refractivity contribution is -0.115. The lowest BCUT2D eigenvalue weighted by Gasteiger charge is -2.02. The maximum Gasteiger partial charge on any atom is 0.229 e. The molecule has 0 heterocycles. The van der Waals surface area contributed by atoms with Gasteiger partial charge in [-0.1, -0.05) is 11.6 Å². The van der Waals surface area contributed by atoms with Crippen LogP contribution >= 0.6 is 11.6 Å². The molecule has 0 saturated heterocycles. The van der Waals surface area contributed by atoms with Gasteiger partial charge in [0.15, 0.2) is 0 Å². The Labute approximate surface area is 86.2 Å². The zero-order chi connectivity index (χ0) is 10.4. The van der Waals surface area contributed by atoms with E-state index >= 15 is 0 Å². The Morgan fingerprint density at radius 2 is 2.14 bits per heavy atom. The number of oxime groups is 1. The van der Waals surface area contributed by atoms with Crippen molar-refractivity contribution in [2.45, 2.75) is 6.42 Å². The summed E-state index contributed by atoms with van der Waals surface area (Å²) in [5.41, 5.74) is 0.658. The van der Waals surface area contributed by atoms with Crippen molar-refractivity contribution in [3.8, 4) is 0 Å². The van der Waals surface area contributed by atoms with E-state index in [1.54, 1.807) is 24.3 Å². The number of nitrogens with zero attached hydrogens (tertiary/aromatic N) is 1. The van der Waals surface area contributed by atoms with Gasteiger partial charge in [-0.15, -0.1) is 5.16 Å². The summed E-state index contributed by atoms with van der Waals surface area (Å²) >= 11 is 5.66. The summed E-state index contributed by atoms with van der Waals surface area (Å²) in [5.74, 6) is -0.245. The first-order valence-corrected chi connectivity index (χ1v) is 4.31. The first kappa shape index (κ1) is 10.5. The molecule has 0 spiro atoms. The molecule has 0 unspecified atom stereocenters. The van der Waals surface area contributed by atoms with Crippen molar-refractivity contribution in [2.75, 3.05) is 5.32 Å². The maximum absolute atomic E-state index is 11.1. The highest BCUT2D eigenvalue weighted by atomic mass is 35.5. The number of halogens is 1. The zero-order valence-electron chi connectivity index (χ0n) is 7.27. The molecule has 1 rings (SSSR count). The Hall–Kier alpha value is -1.55. The van der Waals surface area contributed by atoms with Gasteiger partial charge in [0.25, 0.3) is 0 Å². The van der Waals surface area contributed by atoms with E-state index in [2.05, 4.69) is 10.5 Å². The minimum Gasteiger partial charge on any atom is -0.411 e. The van der Waals surface area contributed by atoms with Crippen LogP contribution < -0.4 is 5.32 Å². The summed E-state index contributed by atoms with van der Waals surface area (Å²) < 4.78 is 0. The minimum absolute atomic E-state index is 0.0408. The molecule has 0 radical (unpaired) electrons. The van der Waals surface area contributed by atoms with Crippen LogP contribution in [-0.2, 0) is 4.79 Å². The number of carbonyl (C=O) groups is 1. The van der Waals surface area contributed by atoms with E-state index in [-0.39, 0.29) is 12.3 Å². The summed E-state index contributed by atoms with van der Waals surface area (Å²) in [7, 11) is 0. The second-order valence-corrected chi connectivity index (χ2v) is 2.99. The van der Waals surface area contributed by atoms with Gasteiger partial charge in [0, 0.05) is 10.7 Å². The third-order valence-corrected chi connectivity index (χ3v) is 1.74. The van der Waals surface area contributed by atoms with Gasteiger partial charge in [-0.2, -0.15) is 0 Å². The normalized spacial score (nSPS) is 10.4. The van der Waals surface area contributed by atoms with Gasteiger partial charge in [-0.05, 0) is 24.3 Å². The van der Waals surface area contributed by atoms with Crippen LogP contribution in [0.15, 0.2) is 29.4 Å². The van der Waals surface area contributed by atoms with E-state index in [0.717, 1.165) is 6.21 Å². The summed E-state index contributed by atoms with van der Waals surface area (Å²) in [5, 5.41) is 14.0. The number of anilines is 1. The fourth-order valence-corrected chi connectivity index (χ4v) is 0.995. The van der Waals surface area contributed by atoms with E-state index in [1.165, 1.54) is 0 Å². The standard InChI is InChI=1S/C9H9ClN2O2/c10-7-1-3-8(4-2-7)12-9(13)5-6-11-14/h1-4,6,14H,5H2,(H,12,13)/b11-6-. The molecule has 1 amide bonds. The molecule has 0 atom stereocenters. The number of hydrogen-bond acceptors (Lipinski definition) is 3. The number of nitrogens with one attached hydrogen (secondary N) is 1. The maximum atomic E-state index is 11.1. The van der Waals surface area contributed by atoms with Gasteiger partial charge in [0.2, 0.25) is 5.91 Å². The molecule has 2 N–H and O–H groups in total. The third-order valence-electron chi connectivity index (χ3n) is 1.49. The van der Waals surface area contributed by atoms with Crippen molar-refractivity contribution in [3.63, 3.8) is 0 Å². The molecule has 0 aliphatic rings. The van der Waals surface area contributed by atoms with Crippen molar-refractivity contribution < 1.29 is 10.0 Å². The molecule has 74 valence electrons. The molecule has 0 fully saturated rings. The molecule has 14 heavy (non-hydrogen) atoms. The van der Waals surface area contributed by atoms with Gasteiger partial charge in [-0.3, -0.25) is 4.79 Å². The summed E-state index contributed by atoms with van der Waals surface area (Å²) in [6.45, 7) is 0. The largest absolute Gasteiger partial charge is 0.411 e. The quantitative estimate of drug-likeness (QED) is 0.458. The predicted molar refractivity (Wildman–Crippen MR) is 55.0 cm³/mol.